The van der Waals surface area contributed by atoms with Gasteiger partial charge in [-0.25, -0.2) is 4.79 Å². The Balaban J connectivity index is 1.67. The van der Waals surface area contributed by atoms with Crippen molar-refractivity contribution in [1.29, 1.82) is 0 Å². The number of amides is 3. The second-order valence-electron chi connectivity index (χ2n) is 5.55. The first-order chi connectivity index (χ1) is 9.17. The van der Waals surface area contributed by atoms with Gasteiger partial charge in [0.15, 0.2) is 0 Å². The monoisotopic (exact) mass is 269 g/mol. The summed E-state index contributed by atoms with van der Waals surface area (Å²) >= 11 is 0. The van der Waals surface area contributed by atoms with E-state index in [-0.39, 0.29) is 31.1 Å². The Kier molecular flexibility index (Phi) is 5.15. The van der Waals surface area contributed by atoms with Crippen molar-refractivity contribution in [2.45, 2.75) is 38.1 Å². The summed E-state index contributed by atoms with van der Waals surface area (Å²) < 4.78 is 0. The van der Waals surface area contributed by atoms with Crippen LogP contribution < -0.4 is 10.6 Å². The van der Waals surface area contributed by atoms with Crippen molar-refractivity contribution in [3.8, 4) is 0 Å². The van der Waals surface area contributed by atoms with Gasteiger partial charge in [-0.05, 0) is 44.6 Å². The van der Waals surface area contributed by atoms with Gasteiger partial charge in [0, 0.05) is 19.2 Å². The third-order valence-electron chi connectivity index (χ3n) is 3.67. The van der Waals surface area contributed by atoms with Crippen LogP contribution in [-0.2, 0) is 4.79 Å². The van der Waals surface area contributed by atoms with Crippen molar-refractivity contribution < 1.29 is 14.7 Å². The quantitative estimate of drug-likeness (QED) is 0.659. The summed E-state index contributed by atoms with van der Waals surface area (Å²) in [6.45, 7) is 2.19. The molecule has 1 heterocycles. The van der Waals surface area contributed by atoms with Gasteiger partial charge in [0.05, 0.1) is 6.54 Å². The van der Waals surface area contributed by atoms with Crippen molar-refractivity contribution in [2.75, 3.05) is 26.2 Å². The highest BCUT2D eigenvalue weighted by molar-refractivity contribution is 5.95. The lowest BCUT2D eigenvalue weighted by Crippen LogP contribution is -2.47. The van der Waals surface area contributed by atoms with Gasteiger partial charge >= 0.3 is 6.03 Å². The minimum atomic E-state index is -0.378. The van der Waals surface area contributed by atoms with E-state index in [0.29, 0.717) is 5.92 Å². The largest absolute Gasteiger partial charge is 0.396 e. The van der Waals surface area contributed by atoms with Crippen LogP contribution in [0, 0.1) is 5.92 Å². The molecule has 0 aromatic rings. The van der Waals surface area contributed by atoms with Crippen molar-refractivity contribution in [1.82, 2.24) is 15.5 Å². The lowest BCUT2D eigenvalue weighted by atomic mass is 9.95. The maximum absolute atomic E-state index is 11.7. The molecule has 3 amide bonds. The number of rotatable bonds is 5. The van der Waals surface area contributed by atoms with Gasteiger partial charge < -0.3 is 10.4 Å². The second kappa shape index (κ2) is 6.86. The zero-order valence-electron chi connectivity index (χ0n) is 11.2. The molecule has 1 atom stereocenters. The summed E-state index contributed by atoms with van der Waals surface area (Å²) in [4.78, 5) is 25.2. The molecule has 0 radical (unpaired) electrons. The van der Waals surface area contributed by atoms with E-state index in [0.717, 1.165) is 45.2 Å². The maximum Gasteiger partial charge on any atom is 0.321 e. The third-order valence-corrected chi connectivity index (χ3v) is 3.67. The Hall–Kier alpha value is -1.14. The number of carbonyl (C=O) groups is 2. The van der Waals surface area contributed by atoms with Gasteiger partial charge in [0.1, 0.15) is 0 Å². The normalized spacial score (nSPS) is 23.9. The lowest BCUT2D eigenvalue weighted by Gasteiger charge is -2.31. The molecule has 0 aromatic heterocycles. The van der Waals surface area contributed by atoms with E-state index in [1.165, 1.54) is 0 Å². The molecule has 6 nitrogen and oxygen atoms in total. The van der Waals surface area contributed by atoms with Crippen LogP contribution in [-0.4, -0.2) is 54.2 Å². The Labute approximate surface area is 113 Å². The first kappa shape index (κ1) is 14.3. The highest BCUT2D eigenvalue weighted by Gasteiger charge is 2.25. The first-order valence-electron chi connectivity index (χ1n) is 7.11. The summed E-state index contributed by atoms with van der Waals surface area (Å²) in [5.74, 6) is 0.217. The molecule has 1 saturated heterocycles. The molecule has 2 rings (SSSR count). The summed E-state index contributed by atoms with van der Waals surface area (Å²) in [6.07, 6.45) is 4.97. The summed E-state index contributed by atoms with van der Waals surface area (Å²) in [5.41, 5.74) is 0. The third kappa shape index (κ3) is 5.16. The molecule has 3 N–H and O–H groups in total. The van der Waals surface area contributed by atoms with E-state index in [1.54, 1.807) is 0 Å². The molecule has 19 heavy (non-hydrogen) atoms. The molecule has 2 aliphatic rings. The number of aliphatic hydroxyl groups excluding tert-OH is 1. The average molecular weight is 269 g/mol. The minimum absolute atomic E-state index is 0.203. The fourth-order valence-corrected chi connectivity index (χ4v) is 2.53. The van der Waals surface area contributed by atoms with Crippen LogP contribution in [0.5, 0.6) is 0 Å². The summed E-state index contributed by atoms with van der Waals surface area (Å²) in [5, 5.41) is 14.0. The Bertz CT molecular complexity index is 329. The van der Waals surface area contributed by atoms with Gasteiger partial charge in [-0.2, -0.15) is 0 Å². The zero-order chi connectivity index (χ0) is 13.7. The molecule has 108 valence electrons. The van der Waals surface area contributed by atoms with Gasteiger partial charge in [-0.15, -0.1) is 0 Å². The fourth-order valence-electron chi connectivity index (χ4n) is 2.53. The number of imide groups is 1. The number of nitrogens with zero attached hydrogens (tertiary/aromatic N) is 1. The van der Waals surface area contributed by atoms with E-state index in [9.17, 15) is 9.59 Å². The molecular formula is C13H23N3O3. The van der Waals surface area contributed by atoms with Crippen molar-refractivity contribution in [2.24, 2.45) is 5.92 Å². The number of aliphatic hydroxyl groups is 1. The number of urea groups is 1. The van der Waals surface area contributed by atoms with Crippen LogP contribution in [0.3, 0.4) is 0 Å². The molecule has 0 spiro atoms. The molecule has 2 fully saturated rings. The number of likely N-dealkylation sites (tertiary alicyclic amines) is 1. The maximum atomic E-state index is 11.7. The van der Waals surface area contributed by atoms with Crippen LogP contribution in [0.2, 0.25) is 0 Å². The summed E-state index contributed by atoms with van der Waals surface area (Å²) in [7, 11) is 0. The fraction of sp³-hybridized carbons (Fsp3) is 0.846. The van der Waals surface area contributed by atoms with E-state index < -0.39 is 0 Å². The van der Waals surface area contributed by atoms with Crippen LogP contribution in [0.1, 0.15) is 32.1 Å². The number of hydrogen-bond donors (Lipinski definition) is 3. The zero-order valence-corrected chi connectivity index (χ0v) is 11.2. The lowest BCUT2D eigenvalue weighted by molar-refractivity contribution is -0.121. The summed E-state index contributed by atoms with van der Waals surface area (Å²) in [6, 6.07) is -0.117. The van der Waals surface area contributed by atoms with Crippen molar-refractivity contribution in [3.05, 3.63) is 0 Å². The Morgan fingerprint density at radius 2 is 2.05 bits per heavy atom. The molecule has 0 bridgehead atoms. The van der Waals surface area contributed by atoms with E-state index in [1.807, 2.05) is 0 Å². The van der Waals surface area contributed by atoms with Crippen molar-refractivity contribution in [3.63, 3.8) is 0 Å². The second-order valence-corrected chi connectivity index (χ2v) is 5.55. The number of nitrogens with one attached hydrogen (secondary N) is 2. The van der Waals surface area contributed by atoms with E-state index in [2.05, 4.69) is 15.5 Å². The molecule has 0 aromatic carbocycles. The Morgan fingerprint density at radius 3 is 2.74 bits per heavy atom. The Morgan fingerprint density at radius 1 is 1.26 bits per heavy atom. The van der Waals surface area contributed by atoms with Crippen LogP contribution in [0.4, 0.5) is 4.79 Å². The topological polar surface area (TPSA) is 81.7 Å². The van der Waals surface area contributed by atoms with Gasteiger partial charge in [0.25, 0.3) is 0 Å². The van der Waals surface area contributed by atoms with Crippen LogP contribution in [0.25, 0.3) is 0 Å². The highest BCUT2D eigenvalue weighted by atomic mass is 16.3. The smallest absolute Gasteiger partial charge is 0.321 e. The van der Waals surface area contributed by atoms with Crippen LogP contribution in [0.15, 0.2) is 0 Å². The van der Waals surface area contributed by atoms with Crippen molar-refractivity contribution >= 4 is 11.9 Å². The predicted molar refractivity (Wildman–Crippen MR) is 70.6 cm³/mol. The number of piperidine rings is 1. The van der Waals surface area contributed by atoms with E-state index >= 15 is 0 Å². The van der Waals surface area contributed by atoms with Gasteiger partial charge in [-0.1, -0.05) is 0 Å². The standard InChI is InChI=1S/C13H23N3O3/c17-7-5-10-2-1-6-16(8-10)9-12(18)15-13(19)14-11-3-4-11/h10-11,17H,1-9H2,(H2,14,15,18,19). The predicted octanol–water partition coefficient (Wildman–Crippen LogP) is 0.0690. The molecule has 6 heteroatoms. The molecule has 1 aliphatic heterocycles. The highest BCUT2D eigenvalue weighted by Crippen LogP contribution is 2.19. The van der Waals surface area contributed by atoms with Crippen LogP contribution >= 0.6 is 0 Å². The van der Waals surface area contributed by atoms with Gasteiger partial charge in [-0.3, -0.25) is 15.0 Å². The molecular weight excluding hydrogens is 246 g/mol. The minimum Gasteiger partial charge on any atom is -0.396 e. The number of hydrogen-bond acceptors (Lipinski definition) is 4. The molecule has 1 unspecified atom stereocenters. The van der Waals surface area contributed by atoms with E-state index in [4.69, 9.17) is 5.11 Å². The molecule has 1 aliphatic carbocycles. The van der Waals surface area contributed by atoms with Gasteiger partial charge in [0.2, 0.25) is 5.91 Å². The number of carbonyl (C=O) groups excluding carboxylic acids is 2. The average Bonchev–Trinajstić information content (AvgIpc) is 3.13. The molecule has 1 saturated carbocycles. The SMILES string of the molecule is O=C(CN1CCCC(CCO)C1)NC(=O)NC1CC1. The first-order valence-corrected chi connectivity index (χ1v) is 7.11.